The molecule has 0 spiro atoms. The number of urea groups is 1. The van der Waals surface area contributed by atoms with Crippen LogP contribution in [0.25, 0.3) is 0 Å². The summed E-state index contributed by atoms with van der Waals surface area (Å²) >= 11 is 1.34. The first-order valence-corrected chi connectivity index (χ1v) is 8.20. The second-order valence-corrected chi connectivity index (χ2v) is 6.13. The highest BCUT2D eigenvalue weighted by atomic mass is 32.1. The van der Waals surface area contributed by atoms with Gasteiger partial charge in [0.2, 0.25) is 5.13 Å². The van der Waals surface area contributed by atoms with E-state index in [9.17, 15) is 9.18 Å². The van der Waals surface area contributed by atoms with Gasteiger partial charge in [0.1, 0.15) is 10.8 Å². The number of aromatic nitrogens is 2. The smallest absolute Gasteiger partial charge is 0.308 e. The molecule has 0 aliphatic heterocycles. The molecular formula is C17H15FN4OS. The quantitative estimate of drug-likeness (QED) is 0.733. The van der Waals surface area contributed by atoms with Gasteiger partial charge in [-0.05, 0) is 36.2 Å². The van der Waals surface area contributed by atoms with Gasteiger partial charge >= 0.3 is 6.03 Å². The van der Waals surface area contributed by atoms with E-state index in [4.69, 9.17) is 0 Å². The van der Waals surface area contributed by atoms with Gasteiger partial charge in [0.15, 0.2) is 0 Å². The van der Waals surface area contributed by atoms with Crippen molar-refractivity contribution in [3.05, 3.63) is 71.0 Å². The van der Waals surface area contributed by atoms with Crippen molar-refractivity contribution in [1.82, 2.24) is 10.2 Å². The van der Waals surface area contributed by atoms with Crippen LogP contribution in [0.5, 0.6) is 0 Å². The van der Waals surface area contributed by atoms with Gasteiger partial charge in [0.25, 0.3) is 0 Å². The molecule has 3 aromatic rings. The molecule has 122 valence electrons. The molecule has 0 atom stereocenters. The zero-order chi connectivity index (χ0) is 16.8. The third-order valence-corrected chi connectivity index (χ3v) is 4.16. The molecular weight excluding hydrogens is 327 g/mol. The maximum atomic E-state index is 12.8. The number of nitrogens with zero attached hydrogens (tertiary/aromatic N) is 2. The maximum absolute atomic E-state index is 12.8. The molecule has 0 saturated heterocycles. The summed E-state index contributed by atoms with van der Waals surface area (Å²) in [6.07, 6.45) is 1.64. The van der Waals surface area contributed by atoms with Crippen LogP contribution in [0.4, 0.5) is 20.0 Å². The first-order valence-electron chi connectivity index (χ1n) is 7.39. The number of anilines is 2. The Kier molecular flexibility index (Phi) is 5.12. The average molecular weight is 342 g/mol. The van der Waals surface area contributed by atoms with Crippen molar-refractivity contribution in [2.75, 3.05) is 10.6 Å². The van der Waals surface area contributed by atoms with Crippen LogP contribution in [0.3, 0.4) is 0 Å². The van der Waals surface area contributed by atoms with Crippen molar-refractivity contribution in [2.24, 2.45) is 0 Å². The summed E-state index contributed by atoms with van der Waals surface area (Å²) in [4.78, 5) is 11.9. The highest BCUT2D eigenvalue weighted by Gasteiger charge is 2.08. The molecule has 5 nitrogen and oxygen atoms in total. The average Bonchev–Trinajstić information content (AvgIpc) is 3.03. The molecule has 7 heteroatoms. The highest BCUT2D eigenvalue weighted by Crippen LogP contribution is 2.18. The van der Waals surface area contributed by atoms with Crippen molar-refractivity contribution >= 4 is 28.2 Å². The van der Waals surface area contributed by atoms with Crippen LogP contribution in [0, 0.1) is 5.82 Å². The van der Waals surface area contributed by atoms with Gasteiger partial charge in [-0.25, -0.2) is 9.18 Å². The molecule has 2 aromatic carbocycles. The first kappa shape index (κ1) is 16.1. The molecule has 0 bridgehead atoms. The van der Waals surface area contributed by atoms with E-state index in [2.05, 4.69) is 33.0 Å². The van der Waals surface area contributed by atoms with Crippen LogP contribution in [0.2, 0.25) is 0 Å². The number of carbonyl (C=O) groups excluding carboxylic acids is 1. The van der Waals surface area contributed by atoms with E-state index >= 15 is 0 Å². The lowest BCUT2D eigenvalue weighted by Crippen LogP contribution is -2.19. The molecule has 2 amide bonds. The van der Waals surface area contributed by atoms with Crippen LogP contribution in [-0.4, -0.2) is 16.2 Å². The summed E-state index contributed by atoms with van der Waals surface area (Å²) in [5.74, 6) is -0.354. The number of hydrogen-bond acceptors (Lipinski definition) is 4. The SMILES string of the molecule is O=C(Nc1ccc(F)cc1)Nc1nnc(CCc2ccccc2)s1. The highest BCUT2D eigenvalue weighted by molar-refractivity contribution is 7.15. The zero-order valence-corrected chi connectivity index (χ0v) is 13.5. The number of carbonyl (C=O) groups is 1. The van der Waals surface area contributed by atoms with Crippen LogP contribution in [-0.2, 0) is 12.8 Å². The molecule has 0 radical (unpaired) electrons. The van der Waals surface area contributed by atoms with Gasteiger partial charge in [0, 0.05) is 12.1 Å². The maximum Gasteiger partial charge on any atom is 0.325 e. The van der Waals surface area contributed by atoms with Gasteiger partial charge in [-0.3, -0.25) is 5.32 Å². The van der Waals surface area contributed by atoms with E-state index in [1.807, 2.05) is 18.2 Å². The van der Waals surface area contributed by atoms with E-state index in [-0.39, 0.29) is 5.82 Å². The molecule has 0 aliphatic rings. The van der Waals surface area contributed by atoms with Crippen LogP contribution in [0.15, 0.2) is 54.6 Å². The van der Waals surface area contributed by atoms with Crippen LogP contribution < -0.4 is 10.6 Å². The minimum Gasteiger partial charge on any atom is -0.308 e. The van der Waals surface area contributed by atoms with Crippen molar-refractivity contribution in [3.63, 3.8) is 0 Å². The number of benzene rings is 2. The molecule has 1 heterocycles. The summed E-state index contributed by atoms with van der Waals surface area (Å²) in [6.45, 7) is 0. The van der Waals surface area contributed by atoms with Gasteiger partial charge < -0.3 is 5.32 Å². The number of halogens is 1. The van der Waals surface area contributed by atoms with Crippen molar-refractivity contribution in [2.45, 2.75) is 12.8 Å². The number of amides is 2. The minimum atomic E-state index is -0.438. The van der Waals surface area contributed by atoms with Crippen molar-refractivity contribution in [3.8, 4) is 0 Å². The first-order chi connectivity index (χ1) is 11.7. The molecule has 0 aliphatic carbocycles. The number of rotatable bonds is 5. The Morgan fingerprint density at radius 2 is 1.71 bits per heavy atom. The molecule has 0 unspecified atom stereocenters. The summed E-state index contributed by atoms with van der Waals surface area (Å²) in [5.41, 5.74) is 1.74. The Morgan fingerprint density at radius 1 is 0.958 bits per heavy atom. The van der Waals surface area contributed by atoms with E-state index in [1.165, 1.54) is 41.2 Å². The third-order valence-electron chi connectivity index (χ3n) is 3.26. The molecule has 0 fully saturated rings. The summed E-state index contributed by atoms with van der Waals surface area (Å²) < 4.78 is 12.8. The Bertz CT molecular complexity index is 805. The zero-order valence-electron chi connectivity index (χ0n) is 12.7. The molecule has 24 heavy (non-hydrogen) atoms. The van der Waals surface area contributed by atoms with Gasteiger partial charge in [-0.2, -0.15) is 0 Å². The molecule has 1 aromatic heterocycles. The van der Waals surface area contributed by atoms with Crippen molar-refractivity contribution in [1.29, 1.82) is 0 Å². The summed E-state index contributed by atoms with van der Waals surface area (Å²) in [5, 5.41) is 14.6. The second kappa shape index (κ2) is 7.65. The minimum absolute atomic E-state index is 0.354. The van der Waals surface area contributed by atoms with Gasteiger partial charge in [-0.15, -0.1) is 10.2 Å². The predicted molar refractivity (Wildman–Crippen MR) is 92.8 cm³/mol. The summed E-state index contributed by atoms with van der Waals surface area (Å²) in [7, 11) is 0. The summed E-state index contributed by atoms with van der Waals surface area (Å²) in [6, 6.07) is 15.2. The Balaban J connectivity index is 1.51. The van der Waals surface area contributed by atoms with E-state index in [1.54, 1.807) is 0 Å². The van der Waals surface area contributed by atoms with Gasteiger partial charge in [-0.1, -0.05) is 41.7 Å². The lowest BCUT2D eigenvalue weighted by atomic mass is 10.1. The number of aryl methyl sites for hydroxylation is 2. The van der Waals surface area contributed by atoms with Crippen LogP contribution in [0.1, 0.15) is 10.6 Å². The fraction of sp³-hybridized carbons (Fsp3) is 0.118. The predicted octanol–water partition coefficient (Wildman–Crippen LogP) is 4.11. The fourth-order valence-electron chi connectivity index (χ4n) is 2.09. The van der Waals surface area contributed by atoms with E-state index < -0.39 is 6.03 Å². The fourth-order valence-corrected chi connectivity index (χ4v) is 2.83. The van der Waals surface area contributed by atoms with Crippen LogP contribution >= 0.6 is 11.3 Å². The third kappa shape index (κ3) is 4.60. The topological polar surface area (TPSA) is 66.9 Å². The van der Waals surface area contributed by atoms with E-state index in [0.29, 0.717) is 10.8 Å². The van der Waals surface area contributed by atoms with Crippen molar-refractivity contribution < 1.29 is 9.18 Å². The monoisotopic (exact) mass is 342 g/mol. The molecule has 0 saturated carbocycles. The second-order valence-electron chi connectivity index (χ2n) is 5.07. The van der Waals surface area contributed by atoms with E-state index in [0.717, 1.165) is 17.8 Å². The lowest BCUT2D eigenvalue weighted by Gasteiger charge is -2.04. The normalized spacial score (nSPS) is 10.4. The molecule has 3 rings (SSSR count). The number of hydrogen-bond donors (Lipinski definition) is 2. The Labute approximate surface area is 142 Å². The molecule has 2 N–H and O–H groups in total. The largest absolute Gasteiger partial charge is 0.325 e. The standard InChI is InChI=1S/C17H15FN4OS/c18-13-7-9-14(10-8-13)19-16(23)20-17-22-21-15(24-17)11-6-12-4-2-1-3-5-12/h1-5,7-10H,6,11H2,(H2,19,20,22,23). The Morgan fingerprint density at radius 3 is 2.46 bits per heavy atom. The lowest BCUT2D eigenvalue weighted by molar-refractivity contribution is 0.262. The van der Waals surface area contributed by atoms with Gasteiger partial charge in [0.05, 0.1) is 0 Å². The number of nitrogens with one attached hydrogen (secondary N) is 2. The Hall–Kier alpha value is -2.80.